The molecule has 4 heteroatoms. The average molecular weight is 312 g/mol. The standard InChI is InChI=1S/C16H21NOS.ClH/c1-17(15-3-4-15)8-10-18-9-6-13-2-5-16-14(12-13)7-11-19-16;/h2,5,7,11-12,15H,3-4,6,8-10H2,1H3;1H. The molecule has 1 fully saturated rings. The van der Waals surface area contributed by atoms with Crippen LogP contribution in [0, 0.1) is 0 Å². The Hall–Kier alpha value is -0.610. The van der Waals surface area contributed by atoms with E-state index < -0.39 is 0 Å². The summed E-state index contributed by atoms with van der Waals surface area (Å²) < 4.78 is 7.11. The highest BCUT2D eigenvalue weighted by Gasteiger charge is 2.25. The molecule has 0 unspecified atom stereocenters. The fourth-order valence-electron chi connectivity index (χ4n) is 2.37. The van der Waals surface area contributed by atoms with Gasteiger partial charge in [-0.25, -0.2) is 0 Å². The van der Waals surface area contributed by atoms with Gasteiger partial charge in [-0.1, -0.05) is 12.1 Å². The van der Waals surface area contributed by atoms with E-state index in [1.807, 2.05) is 0 Å². The smallest absolute Gasteiger partial charge is 0.0593 e. The molecule has 1 aliphatic rings. The molecule has 0 N–H and O–H groups in total. The molecule has 2 aromatic rings. The first-order chi connectivity index (χ1) is 9.33. The van der Waals surface area contributed by atoms with Crippen LogP contribution in [-0.2, 0) is 11.2 Å². The van der Waals surface area contributed by atoms with Gasteiger partial charge in [-0.15, -0.1) is 23.7 Å². The number of nitrogens with zero attached hydrogens (tertiary/aromatic N) is 1. The van der Waals surface area contributed by atoms with Crippen molar-refractivity contribution in [1.29, 1.82) is 0 Å². The maximum Gasteiger partial charge on any atom is 0.0593 e. The van der Waals surface area contributed by atoms with Gasteiger partial charge in [0.05, 0.1) is 13.2 Å². The molecular weight excluding hydrogens is 290 g/mol. The van der Waals surface area contributed by atoms with E-state index in [2.05, 4.69) is 41.6 Å². The van der Waals surface area contributed by atoms with E-state index in [1.165, 1.54) is 28.5 Å². The van der Waals surface area contributed by atoms with Crippen molar-refractivity contribution < 1.29 is 4.74 Å². The molecule has 0 radical (unpaired) electrons. The molecule has 0 saturated heterocycles. The van der Waals surface area contributed by atoms with Gasteiger partial charge < -0.3 is 9.64 Å². The molecule has 1 aromatic heterocycles. The lowest BCUT2D eigenvalue weighted by molar-refractivity contribution is 0.112. The third-order valence-electron chi connectivity index (χ3n) is 3.81. The Morgan fingerprint density at radius 2 is 2.10 bits per heavy atom. The molecule has 0 aliphatic heterocycles. The SMILES string of the molecule is CN(CCOCCc1ccc2sccc2c1)C1CC1.Cl. The number of ether oxygens (including phenoxy) is 1. The van der Waals surface area contributed by atoms with Crippen LogP contribution in [0.4, 0.5) is 0 Å². The molecule has 1 saturated carbocycles. The van der Waals surface area contributed by atoms with Crippen molar-refractivity contribution in [2.75, 3.05) is 26.8 Å². The Kier molecular flexibility index (Phi) is 5.85. The molecule has 3 rings (SSSR count). The first-order valence-electron chi connectivity index (χ1n) is 7.07. The summed E-state index contributed by atoms with van der Waals surface area (Å²) in [5.41, 5.74) is 1.38. The molecule has 20 heavy (non-hydrogen) atoms. The van der Waals surface area contributed by atoms with Crippen LogP contribution in [-0.4, -0.2) is 37.7 Å². The van der Waals surface area contributed by atoms with Crippen LogP contribution in [0.3, 0.4) is 0 Å². The van der Waals surface area contributed by atoms with Crippen molar-refractivity contribution >= 4 is 33.8 Å². The first kappa shape index (κ1) is 15.8. The summed E-state index contributed by atoms with van der Waals surface area (Å²) in [4.78, 5) is 2.41. The van der Waals surface area contributed by atoms with Gasteiger partial charge in [-0.05, 0) is 54.8 Å². The fraction of sp³-hybridized carbons (Fsp3) is 0.500. The maximum absolute atomic E-state index is 5.74. The van der Waals surface area contributed by atoms with Crippen molar-refractivity contribution in [3.8, 4) is 0 Å². The summed E-state index contributed by atoms with van der Waals surface area (Å²) in [6.45, 7) is 2.75. The van der Waals surface area contributed by atoms with Crippen LogP contribution in [0.5, 0.6) is 0 Å². The second kappa shape index (κ2) is 7.41. The minimum Gasteiger partial charge on any atom is -0.380 e. The van der Waals surface area contributed by atoms with E-state index in [-0.39, 0.29) is 12.4 Å². The van der Waals surface area contributed by atoms with E-state index in [0.717, 1.165) is 32.2 Å². The number of thiophene rings is 1. The third-order valence-corrected chi connectivity index (χ3v) is 4.71. The van der Waals surface area contributed by atoms with Gasteiger partial charge >= 0.3 is 0 Å². The van der Waals surface area contributed by atoms with Gasteiger partial charge in [0.25, 0.3) is 0 Å². The zero-order chi connectivity index (χ0) is 13.1. The lowest BCUT2D eigenvalue weighted by Crippen LogP contribution is -2.25. The number of fused-ring (bicyclic) bond motifs is 1. The van der Waals surface area contributed by atoms with E-state index in [1.54, 1.807) is 11.3 Å². The topological polar surface area (TPSA) is 12.5 Å². The number of hydrogen-bond donors (Lipinski definition) is 0. The minimum atomic E-state index is 0. The van der Waals surface area contributed by atoms with Gasteiger partial charge in [-0.2, -0.15) is 0 Å². The second-order valence-corrected chi connectivity index (χ2v) is 6.31. The Balaban J connectivity index is 0.00000147. The molecule has 1 aromatic carbocycles. The van der Waals surface area contributed by atoms with Crippen molar-refractivity contribution in [1.82, 2.24) is 4.90 Å². The van der Waals surface area contributed by atoms with Crippen molar-refractivity contribution in [2.24, 2.45) is 0 Å². The fourth-order valence-corrected chi connectivity index (χ4v) is 3.14. The summed E-state index contributed by atoms with van der Waals surface area (Å²) >= 11 is 1.80. The van der Waals surface area contributed by atoms with Gasteiger partial charge in [0.15, 0.2) is 0 Å². The molecule has 0 spiro atoms. The highest BCUT2D eigenvalue weighted by atomic mass is 35.5. The van der Waals surface area contributed by atoms with Crippen LogP contribution >= 0.6 is 23.7 Å². The van der Waals surface area contributed by atoms with E-state index in [0.29, 0.717) is 0 Å². The maximum atomic E-state index is 5.74. The zero-order valence-corrected chi connectivity index (χ0v) is 13.5. The van der Waals surface area contributed by atoms with Gasteiger partial charge in [-0.3, -0.25) is 0 Å². The normalized spacial score (nSPS) is 14.7. The Morgan fingerprint density at radius 3 is 2.90 bits per heavy atom. The third kappa shape index (κ3) is 4.19. The lowest BCUT2D eigenvalue weighted by atomic mass is 10.1. The summed E-state index contributed by atoms with van der Waals surface area (Å²) in [6, 6.07) is 9.75. The van der Waals surface area contributed by atoms with Crippen molar-refractivity contribution in [2.45, 2.75) is 25.3 Å². The van der Waals surface area contributed by atoms with Crippen LogP contribution in [0.15, 0.2) is 29.6 Å². The summed E-state index contributed by atoms with van der Waals surface area (Å²) in [6.07, 6.45) is 3.76. The zero-order valence-electron chi connectivity index (χ0n) is 11.9. The molecule has 2 nitrogen and oxygen atoms in total. The summed E-state index contributed by atoms with van der Waals surface area (Å²) in [7, 11) is 2.20. The summed E-state index contributed by atoms with van der Waals surface area (Å²) in [5, 5.41) is 3.51. The molecule has 0 amide bonds. The molecule has 110 valence electrons. The Bertz CT molecular complexity index is 538. The highest BCUT2D eigenvalue weighted by molar-refractivity contribution is 7.17. The highest BCUT2D eigenvalue weighted by Crippen LogP contribution is 2.24. The molecule has 1 aliphatic carbocycles. The molecular formula is C16H22ClNOS. The minimum absolute atomic E-state index is 0. The quantitative estimate of drug-likeness (QED) is 0.717. The lowest BCUT2D eigenvalue weighted by Gasteiger charge is -2.15. The number of hydrogen-bond acceptors (Lipinski definition) is 3. The number of benzene rings is 1. The van der Waals surface area contributed by atoms with Gasteiger partial charge in [0.2, 0.25) is 0 Å². The van der Waals surface area contributed by atoms with Crippen molar-refractivity contribution in [3.05, 3.63) is 35.2 Å². The number of rotatable bonds is 7. The molecule has 0 bridgehead atoms. The van der Waals surface area contributed by atoms with Crippen LogP contribution < -0.4 is 0 Å². The second-order valence-electron chi connectivity index (χ2n) is 5.37. The van der Waals surface area contributed by atoms with Crippen LogP contribution in [0.1, 0.15) is 18.4 Å². The first-order valence-corrected chi connectivity index (χ1v) is 7.95. The van der Waals surface area contributed by atoms with Gasteiger partial charge in [0.1, 0.15) is 0 Å². The Morgan fingerprint density at radius 1 is 1.25 bits per heavy atom. The predicted octanol–water partition coefficient (Wildman–Crippen LogP) is 3.98. The average Bonchev–Trinajstić information content (AvgIpc) is 3.17. The van der Waals surface area contributed by atoms with Crippen molar-refractivity contribution in [3.63, 3.8) is 0 Å². The van der Waals surface area contributed by atoms with Crippen LogP contribution in [0.2, 0.25) is 0 Å². The van der Waals surface area contributed by atoms with Crippen LogP contribution in [0.25, 0.3) is 10.1 Å². The number of likely N-dealkylation sites (N-methyl/N-ethyl adjacent to an activating group) is 1. The number of halogens is 1. The summed E-state index contributed by atoms with van der Waals surface area (Å²) in [5.74, 6) is 0. The van der Waals surface area contributed by atoms with Gasteiger partial charge in [0, 0.05) is 17.3 Å². The molecule has 1 heterocycles. The van der Waals surface area contributed by atoms with E-state index in [4.69, 9.17) is 4.74 Å². The Labute approximate surface area is 131 Å². The van der Waals surface area contributed by atoms with E-state index >= 15 is 0 Å². The molecule has 0 atom stereocenters. The monoisotopic (exact) mass is 311 g/mol. The largest absolute Gasteiger partial charge is 0.380 e. The predicted molar refractivity (Wildman–Crippen MR) is 89.2 cm³/mol. The van der Waals surface area contributed by atoms with E-state index in [9.17, 15) is 0 Å².